The molecule has 1 atom stereocenters. The van der Waals surface area contributed by atoms with Crippen LogP contribution in [-0.4, -0.2) is 36.5 Å². The summed E-state index contributed by atoms with van der Waals surface area (Å²) >= 11 is 4.63. The van der Waals surface area contributed by atoms with Gasteiger partial charge >= 0.3 is 24.2 Å². The highest BCUT2D eigenvalue weighted by Crippen LogP contribution is 2.55. The van der Waals surface area contributed by atoms with Gasteiger partial charge in [-0.3, -0.25) is 0 Å². The molecule has 0 aromatic heterocycles. The second kappa shape index (κ2) is 4.78. The van der Waals surface area contributed by atoms with Gasteiger partial charge < -0.3 is 4.74 Å². The number of hydrogen-bond acceptors (Lipinski definition) is 1. The second-order valence-electron chi connectivity index (χ2n) is 3.82. The summed E-state index contributed by atoms with van der Waals surface area (Å²) < 4.78 is 140. The van der Waals surface area contributed by atoms with Crippen LogP contribution in [0.15, 0.2) is 10.8 Å². The third kappa shape index (κ3) is 2.86. The Morgan fingerprint density at radius 2 is 1.33 bits per heavy atom. The van der Waals surface area contributed by atoms with Crippen LogP contribution in [-0.2, 0) is 4.74 Å². The monoisotopic (exact) mass is 358 g/mol. The van der Waals surface area contributed by atoms with Crippen LogP contribution < -0.4 is 0 Å². The van der Waals surface area contributed by atoms with Crippen LogP contribution in [0.4, 0.5) is 48.3 Å². The normalized spacial score (nSPS) is 25.7. The molecule has 13 heteroatoms. The van der Waals surface area contributed by atoms with E-state index in [9.17, 15) is 48.3 Å². The first kappa shape index (κ1) is 18.1. The number of rotatable bonds is 2. The van der Waals surface area contributed by atoms with E-state index in [4.69, 9.17) is 0 Å². The summed E-state index contributed by atoms with van der Waals surface area (Å²) in [6.45, 7) is 0. The molecule has 0 aromatic carbocycles. The molecular formula is C8H2ClF11O. The molecule has 1 aliphatic carbocycles. The predicted molar refractivity (Wildman–Crippen MR) is 44.7 cm³/mol. The molecule has 0 N–H and O–H groups in total. The van der Waals surface area contributed by atoms with Crippen LogP contribution in [0.3, 0.4) is 0 Å². The van der Waals surface area contributed by atoms with Gasteiger partial charge in [0.1, 0.15) is 5.03 Å². The van der Waals surface area contributed by atoms with Crippen LogP contribution in [0.2, 0.25) is 0 Å². The molecule has 0 aromatic rings. The van der Waals surface area contributed by atoms with Crippen molar-refractivity contribution in [2.75, 3.05) is 0 Å². The van der Waals surface area contributed by atoms with Gasteiger partial charge in [-0.2, -0.15) is 43.9 Å². The number of allylic oxidation sites excluding steroid dienone is 2. The summed E-state index contributed by atoms with van der Waals surface area (Å²) in [5.74, 6) is -14.3. The number of alkyl halides is 11. The standard InChI is InChI=1S/C8H2ClF11O/c9-1-2(10)5(11,12)6(13,14)3(1)21-4(7(15,16)17)8(18,19)20/h2,4H. The molecule has 0 fully saturated rings. The Hall–Kier alpha value is -0.940. The summed E-state index contributed by atoms with van der Waals surface area (Å²) in [6, 6.07) is 0. The third-order valence-electron chi connectivity index (χ3n) is 2.29. The van der Waals surface area contributed by atoms with Crippen molar-refractivity contribution in [3.8, 4) is 0 Å². The number of ether oxygens (including phenoxy) is 1. The lowest BCUT2D eigenvalue weighted by Crippen LogP contribution is -2.48. The molecule has 21 heavy (non-hydrogen) atoms. The van der Waals surface area contributed by atoms with Crippen LogP contribution >= 0.6 is 11.6 Å². The van der Waals surface area contributed by atoms with Crippen molar-refractivity contribution in [1.29, 1.82) is 0 Å². The first-order valence-electron chi connectivity index (χ1n) is 4.64. The summed E-state index contributed by atoms with van der Waals surface area (Å²) in [7, 11) is 0. The van der Waals surface area contributed by atoms with Crippen molar-refractivity contribution in [3.05, 3.63) is 10.8 Å². The molecule has 0 saturated heterocycles. The summed E-state index contributed by atoms with van der Waals surface area (Å²) in [4.78, 5) is 0. The van der Waals surface area contributed by atoms with Gasteiger partial charge in [-0.1, -0.05) is 11.6 Å². The fourth-order valence-corrected chi connectivity index (χ4v) is 1.60. The summed E-state index contributed by atoms with van der Waals surface area (Å²) in [6.07, 6.45) is -21.4. The van der Waals surface area contributed by atoms with Gasteiger partial charge in [0.25, 0.3) is 6.10 Å². The molecule has 0 amide bonds. The van der Waals surface area contributed by atoms with Crippen molar-refractivity contribution >= 4 is 11.6 Å². The first-order valence-corrected chi connectivity index (χ1v) is 5.02. The lowest BCUT2D eigenvalue weighted by Gasteiger charge is -2.27. The van der Waals surface area contributed by atoms with E-state index in [2.05, 4.69) is 16.3 Å². The highest BCUT2D eigenvalue weighted by molar-refractivity contribution is 6.31. The molecule has 0 bridgehead atoms. The number of hydrogen-bond donors (Lipinski definition) is 0. The fraction of sp³-hybridized carbons (Fsp3) is 0.750. The number of halogens is 12. The van der Waals surface area contributed by atoms with Gasteiger partial charge in [0.2, 0.25) is 6.17 Å². The largest absolute Gasteiger partial charge is 0.468 e. The van der Waals surface area contributed by atoms with Crippen molar-refractivity contribution < 1.29 is 53.0 Å². The van der Waals surface area contributed by atoms with Gasteiger partial charge in [-0.25, -0.2) is 4.39 Å². The lowest BCUT2D eigenvalue weighted by molar-refractivity contribution is -0.322. The Labute approximate surface area is 113 Å². The van der Waals surface area contributed by atoms with Gasteiger partial charge in [0.15, 0.2) is 5.76 Å². The van der Waals surface area contributed by atoms with Crippen LogP contribution in [0.25, 0.3) is 0 Å². The minimum absolute atomic E-state index is 2.26. The van der Waals surface area contributed by atoms with Gasteiger partial charge in [0, 0.05) is 0 Å². The Balaban J connectivity index is 3.28. The SMILES string of the molecule is FC1C(Cl)=C(OC(C(F)(F)F)C(F)(F)F)C(F)(F)C1(F)F. The van der Waals surface area contributed by atoms with Gasteiger partial charge in [-0.05, 0) is 0 Å². The smallest absolute Gasteiger partial charge is 0.434 e. The molecule has 0 aliphatic heterocycles. The first-order chi connectivity index (χ1) is 9.04. The molecule has 1 rings (SSSR count). The average Bonchev–Trinajstić information content (AvgIpc) is 2.32. The lowest BCUT2D eigenvalue weighted by atomic mass is 10.2. The van der Waals surface area contributed by atoms with Crippen molar-refractivity contribution in [1.82, 2.24) is 0 Å². The summed E-state index contributed by atoms with van der Waals surface area (Å²) in [5, 5.41) is -2.26. The molecule has 1 nitrogen and oxygen atoms in total. The minimum atomic E-state index is -6.26. The van der Waals surface area contributed by atoms with Crippen molar-refractivity contribution in [2.45, 2.75) is 36.5 Å². The minimum Gasteiger partial charge on any atom is -0.468 e. The quantitative estimate of drug-likeness (QED) is 0.657. The Bertz CT molecular complexity index is 434. The third-order valence-corrected chi connectivity index (χ3v) is 2.66. The van der Waals surface area contributed by atoms with E-state index < -0.39 is 47.3 Å². The Kier molecular flexibility index (Phi) is 4.12. The van der Waals surface area contributed by atoms with E-state index >= 15 is 0 Å². The second-order valence-corrected chi connectivity index (χ2v) is 4.23. The van der Waals surface area contributed by atoms with E-state index in [-0.39, 0.29) is 0 Å². The van der Waals surface area contributed by atoms with Crippen LogP contribution in [0.5, 0.6) is 0 Å². The molecule has 0 heterocycles. The zero-order valence-corrected chi connectivity index (χ0v) is 9.85. The van der Waals surface area contributed by atoms with Gasteiger partial charge in [-0.15, -0.1) is 0 Å². The zero-order chi connectivity index (χ0) is 17.0. The van der Waals surface area contributed by atoms with Gasteiger partial charge in [0.05, 0.1) is 0 Å². The van der Waals surface area contributed by atoms with E-state index in [0.717, 1.165) is 0 Å². The molecule has 0 radical (unpaired) electrons. The van der Waals surface area contributed by atoms with Crippen LogP contribution in [0.1, 0.15) is 0 Å². The maximum absolute atomic E-state index is 13.0. The van der Waals surface area contributed by atoms with Crippen molar-refractivity contribution in [2.24, 2.45) is 0 Å². The maximum atomic E-state index is 13.0. The molecule has 124 valence electrons. The Morgan fingerprint density at radius 3 is 1.57 bits per heavy atom. The fourth-order valence-electron chi connectivity index (χ4n) is 1.30. The predicted octanol–water partition coefficient (Wildman–Crippen LogP) is 4.57. The average molecular weight is 359 g/mol. The van der Waals surface area contributed by atoms with E-state index in [1.807, 2.05) is 0 Å². The highest BCUT2D eigenvalue weighted by atomic mass is 35.5. The summed E-state index contributed by atoms with van der Waals surface area (Å²) in [5.41, 5.74) is 0. The van der Waals surface area contributed by atoms with E-state index in [0.29, 0.717) is 0 Å². The molecule has 0 spiro atoms. The molecular weight excluding hydrogens is 357 g/mol. The van der Waals surface area contributed by atoms with Crippen molar-refractivity contribution in [3.63, 3.8) is 0 Å². The Morgan fingerprint density at radius 1 is 0.952 bits per heavy atom. The topological polar surface area (TPSA) is 9.23 Å². The maximum Gasteiger partial charge on any atom is 0.434 e. The molecule has 0 saturated carbocycles. The molecule has 1 aliphatic rings. The van der Waals surface area contributed by atoms with E-state index in [1.165, 1.54) is 0 Å². The van der Waals surface area contributed by atoms with Crippen LogP contribution in [0, 0.1) is 0 Å². The van der Waals surface area contributed by atoms with E-state index in [1.54, 1.807) is 0 Å². The highest BCUT2D eigenvalue weighted by Gasteiger charge is 2.74. The zero-order valence-electron chi connectivity index (χ0n) is 9.10. The molecule has 1 unspecified atom stereocenters.